The Morgan fingerprint density at radius 2 is 1.70 bits per heavy atom. The van der Waals surface area contributed by atoms with E-state index in [0.29, 0.717) is 0 Å². The molecule has 0 atom stereocenters. The second-order valence-corrected chi connectivity index (χ2v) is 6.37. The first kappa shape index (κ1) is 17.6. The summed E-state index contributed by atoms with van der Waals surface area (Å²) in [7, 11) is 4.14. The van der Waals surface area contributed by atoms with Gasteiger partial charge in [0.05, 0.1) is 0 Å². The van der Waals surface area contributed by atoms with E-state index in [1.807, 2.05) is 0 Å². The summed E-state index contributed by atoms with van der Waals surface area (Å²) in [6.45, 7) is 4.29. The maximum atomic E-state index is 3.58. The van der Waals surface area contributed by atoms with Crippen molar-refractivity contribution in [1.29, 1.82) is 0 Å². The molecule has 2 aromatic rings. The highest BCUT2D eigenvalue weighted by molar-refractivity contribution is 5.50. The summed E-state index contributed by atoms with van der Waals surface area (Å²) in [4.78, 5) is 2.13. The maximum absolute atomic E-state index is 3.58. The Kier molecular flexibility index (Phi) is 7.21. The molecule has 0 fully saturated rings. The molecule has 0 bridgehead atoms. The van der Waals surface area contributed by atoms with Crippen LogP contribution in [0.3, 0.4) is 0 Å². The van der Waals surface area contributed by atoms with Crippen LogP contribution in [0.2, 0.25) is 0 Å². The Labute approximate surface area is 141 Å². The summed E-state index contributed by atoms with van der Waals surface area (Å²) in [6.07, 6.45) is 8.81. The zero-order valence-electron chi connectivity index (χ0n) is 14.9. The first-order valence-corrected chi connectivity index (χ1v) is 8.87. The van der Waals surface area contributed by atoms with Crippen LogP contribution in [0.15, 0.2) is 42.6 Å². The van der Waals surface area contributed by atoms with Crippen molar-refractivity contribution < 1.29 is 0 Å². The monoisotopic (exact) mass is 313 g/mol. The molecule has 1 heterocycles. The van der Waals surface area contributed by atoms with Gasteiger partial charge in [-0.2, -0.15) is 0 Å². The van der Waals surface area contributed by atoms with Gasteiger partial charge in [0.1, 0.15) is 0 Å². The first-order chi connectivity index (χ1) is 11.2. The first-order valence-electron chi connectivity index (χ1n) is 8.87. The Bertz CT molecular complexity index is 555. The van der Waals surface area contributed by atoms with Gasteiger partial charge in [-0.05, 0) is 49.4 Å². The lowest BCUT2D eigenvalue weighted by Gasteiger charge is -2.14. The van der Waals surface area contributed by atoms with Crippen LogP contribution in [0.4, 0.5) is 5.69 Å². The molecule has 1 aromatic heterocycles. The smallest absolute Gasteiger partial charge is 0.0454 e. The number of nitrogens with zero attached hydrogens (tertiary/aromatic N) is 2. The van der Waals surface area contributed by atoms with Crippen molar-refractivity contribution in [2.45, 2.75) is 45.6 Å². The van der Waals surface area contributed by atoms with Gasteiger partial charge in [-0.15, -0.1) is 0 Å². The second-order valence-electron chi connectivity index (χ2n) is 6.37. The number of unbranched alkanes of at least 4 members (excludes halogenated alkanes) is 4. The molecule has 3 nitrogen and oxygen atoms in total. The molecule has 1 N–H and O–H groups in total. The van der Waals surface area contributed by atoms with Gasteiger partial charge >= 0.3 is 0 Å². The van der Waals surface area contributed by atoms with Crippen molar-refractivity contribution >= 4 is 5.69 Å². The van der Waals surface area contributed by atoms with Crippen molar-refractivity contribution in [2.24, 2.45) is 0 Å². The van der Waals surface area contributed by atoms with Gasteiger partial charge in [-0.3, -0.25) is 0 Å². The SMILES string of the molecule is CCCCCCCNCc1cccn1-c1ccc(N(C)C)cc1. The van der Waals surface area contributed by atoms with Gasteiger partial charge in [0.2, 0.25) is 0 Å². The summed E-state index contributed by atoms with van der Waals surface area (Å²) in [5, 5.41) is 3.58. The van der Waals surface area contributed by atoms with E-state index in [0.717, 1.165) is 13.1 Å². The molecule has 0 radical (unpaired) electrons. The van der Waals surface area contributed by atoms with Gasteiger partial charge in [0.15, 0.2) is 0 Å². The Hall–Kier alpha value is -1.74. The third-order valence-corrected chi connectivity index (χ3v) is 4.24. The van der Waals surface area contributed by atoms with Crippen LogP contribution >= 0.6 is 0 Å². The highest BCUT2D eigenvalue weighted by Gasteiger charge is 2.03. The normalized spacial score (nSPS) is 10.9. The molecule has 126 valence electrons. The van der Waals surface area contributed by atoms with Crippen molar-refractivity contribution in [1.82, 2.24) is 9.88 Å². The molecule has 0 aliphatic heterocycles. The van der Waals surface area contributed by atoms with Crippen LogP contribution in [0, 0.1) is 0 Å². The molecular formula is C20H31N3. The average Bonchev–Trinajstić information content (AvgIpc) is 3.02. The Balaban J connectivity index is 1.84. The predicted molar refractivity (Wildman–Crippen MR) is 101 cm³/mol. The van der Waals surface area contributed by atoms with Gasteiger partial charge in [0, 0.05) is 43.9 Å². The summed E-state index contributed by atoms with van der Waals surface area (Å²) < 4.78 is 2.27. The standard InChI is InChI=1S/C20H31N3/c1-4-5-6-7-8-15-21-17-20-10-9-16-23(20)19-13-11-18(12-14-19)22(2)3/h9-14,16,21H,4-8,15,17H2,1-3H3. The van der Waals surface area contributed by atoms with E-state index < -0.39 is 0 Å². The van der Waals surface area contributed by atoms with E-state index in [1.165, 1.54) is 49.2 Å². The van der Waals surface area contributed by atoms with E-state index >= 15 is 0 Å². The van der Waals surface area contributed by atoms with E-state index in [9.17, 15) is 0 Å². The third kappa shape index (κ3) is 5.43. The molecule has 2 rings (SSSR count). The maximum Gasteiger partial charge on any atom is 0.0454 e. The number of anilines is 1. The summed E-state index contributed by atoms with van der Waals surface area (Å²) in [6, 6.07) is 13.0. The number of hydrogen-bond donors (Lipinski definition) is 1. The van der Waals surface area contributed by atoms with Crippen molar-refractivity contribution in [3.05, 3.63) is 48.3 Å². The molecule has 0 aliphatic rings. The molecule has 0 saturated heterocycles. The van der Waals surface area contributed by atoms with Crippen LogP contribution in [-0.4, -0.2) is 25.2 Å². The highest BCUT2D eigenvalue weighted by Crippen LogP contribution is 2.17. The molecule has 1 aromatic carbocycles. The molecule has 0 amide bonds. The predicted octanol–water partition coefficient (Wildman–Crippen LogP) is 4.60. The lowest BCUT2D eigenvalue weighted by molar-refractivity contribution is 0.578. The Morgan fingerprint density at radius 1 is 0.957 bits per heavy atom. The molecule has 0 spiro atoms. The van der Waals surface area contributed by atoms with E-state index in [1.54, 1.807) is 0 Å². The minimum absolute atomic E-state index is 0.927. The zero-order valence-corrected chi connectivity index (χ0v) is 14.9. The van der Waals surface area contributed by atoms with E-state index in [4.69, 9.17) is 0 Å². The number of hydrogen-bond acceptors (Lipinski definition) is 2. The van der Waals surface area contributed by atoms with Crippen molar-refractivity contribution in [3.63, 3.8) is 0 Å². The summed E-state index contributed by atoms with van der Waals surface area (Å²) in [5.74, 6) is 0. The van der Waals surface area contributed by atoms with E-state index in [2.05, 4.69) is 78.4 Å². The third-order valence-electron chi connectivity index (χ3n) is 4.24. The van der Waals surface area contributed by atoms with Gasteiger partial charge in [0.25, 0.3) is 0 Å². The minimum Gasteiger partial charge on any atom is -0.378 e. The number of nitrogens with one attached hydrogen (secondary N) is 1. The number of aromatic nitrogens is 1. The second kappa shape index (κ2) is 9.41. The van der Waals surface area contributed by atoms with Crippen molar-refractivity contribution in [2.75, 3.05) is 25.5 Å². The number of rotatable bonds is 10. The molecular weight excluding hydrogens is 282 g/mol. The lowest BCUT2D eigenvalue weighted by Crippen LogP contribution is -2.17. The van der Waals surface area contributed by atoms with Crippen LogP contribution in [0.1, 0.15) is 44.7 Å². The zero-order chi connectivity index (χ0) is 16.5. The molecule has 0 saturated carbocycles. The quantitative estimate of drug-likeness (QED) is 0.647. The van der Waals surface area contributed by atoms with E-state index in [-0.39, 0.29) is 0 Å². The highest BCUT2D eigenvalue weighted by atomic mass is 15.1. The topological polar surface area (TPSA) is 20.2 Å². The molecule has 3 heteroatoms. The lowest BCUT2D eigenvalue weighted by atomic mass is 10.1. The van der Waals surface area contributed by atoms with Crippen LogP contribution in [0.25, 0.3) is 5.69 Å². The van der Waals surface area contributed by atoms with Gasteiger partial charge in [-0.1, -0.05) is 32.6 Å². The molecule has 23 heavy (non-hydrogen) atoms. The molecule has 0 unspecified atom stereocenters. The van der Waals surface area contributed by atoms with Gasteiger partial charge in [-0.25, -0.2) is 0 Å². The largest absolute Gasteiger partial charge is 0.378 e. The fourth-order valence-corrected chi connectivity index (χ4v) is 2.79. The average molecular weight is 313 g/mol. The fraction of sp³-hybridized carbons (Fsp3) is 0.500. The van der Waals surface area contributed by atoms with Crippen LogP contribution < -0.4 is 10.2 Å². The van der Waals surface area contributed by atoms with Crippen molar-refractivity contribution in [3.8, 4) is 5.69 Å². The van der Waals surface area contributed by atoms with Crippen LogP contribution in [-0.2, 0) is 6.54 Å². The number of benzene rings is 1. The van der Waals surface area contributed by atoms with Crippen LogP contribution in [0.5, 0.6) is 0 Å². The fourth-order valence-electron chi connectivity index (χ4n) is 2.79. The summed E-state index contributed by atoms with van der Waals surface area (Å²) in [5.41, 5.74) is 3.77. The van der Waals surface area contributed by atoms with Gasteiger partial charge < -0.3 is 14.8 Å². The molecule has 0 aliphatic carbocycles. The minimum atomic E-state index is 0.927. The summed E-state index contributed by atoms with van der Waals surface area (Å²) >= 11 is 0. The Morgan fingerprint density at radius 3 is 2.39 bits per heavy atom.